The van der Waals surface area contributed by atoms with Crippen molar-refractivity contribution >= 4 is 28.6 Å². The third kappa shape index (κ3) is 3.32. The van der Waals surface area contributed by atoms with Gasteiger partial charge in [-0.25, -0.2) is 4.98 Å². The lowest BCUT2D eigenvalue weighted by Gasteiger charge is -2.40. The lowest BCUT2D eigenvalue weighted by molar-refractivity contribution is 0.0502. The molecule has 0 aliphatic carbocycles. The molecule has 1 aliphatic heterocycles. The molecule has 1 saturated heterocycles. The van der Waals surface area contributed by atoms with E-state index in [4.69, 9.17) is 0 Å². The number of hydrogen-bond donors (Lipinski definition) is 0. The van der Waals surface area contributed by atoms with Gasteiger partial charge in [-0.1, -0.05) is 30.3 Å². The van der Waals surface area contributed by atoms with Crippen LogP contribution in [0.4, 0.5) is 0 Å². The quantitative estimate of drug-likeness (QED) is 0.676. The Labute approximate surface area is 161 Å². The van der Waals surface area contributed by atoms with Crippen LogP contribution in [0.15, 0.2) is 47.2 Å². The van der Waals surface area contributed by atoms with Gasteiger partial charge in [0.05, 0.1) is 11.7 Å². The van der Waals surface area contributed by atoms with E-state index >= 15 is 0 Å². The number of carbonyl (C=O) groups is 1. The van der Waals surface area contributed by atoms with Crippen LogP contribution >= 0.6 is 22.7 Å². The van der Waals surface area contributed by atoms with Gasteiger partial charge in [-0.3, -0.25) is 4.79 Å². The summed E-state index contributed by atoms with van der Waals surface area (Å²) in [4.78, 5) is 23.1. The Morgan fingerprint density at radius 2 is 2.00 bits per heavy atom. The van der Waals surface area contributed by atoms with Crippen molar-refractivity contribution in [3.8, 4) is 10.6 Å². The Hall–Kier alpha value is -2.02. The number of rotatable bonds is 3. The second-order valence-corrected chi connectivity index (χ2v) is 8.41. The summed E-state index contributed by atoms with van der Waals surface area (Å²) >= 11 is 3.16. The molecule has 1 aliphatic rings. The van der Waals surface area contributed by atoms with Gasteiger partial charge in [0.2, 0.25) is 0 Å². The van der Waals surface area contributed by atoms with Gasteiger partial charge in [-0.2, -0.15) is 11.3 Å². The van der Waals surface area contributed by atoms with E-state index in [0.717, 1.165) is 40.8 Å². The topological polar surface area (TPSA) is 36.4 Å². The maximum atomic E-state index is 13.4. The van der Waals surface area contributed by atoms with Crippen molar-refractivity contribution in [2.24, 2.45) is 0 Å². The van der Waals surface area contributed by atoms with E-state index in [2.05, 4.69) is 40.5 Å². The van der Waals surface area contributed by atoms with Crippen molar-refractivity contribution in [1.82, 2.24) is 14.8 Å². The number of aromatic nitrogens is 1. The molecule has 26 heavy (non-hydrogen) atoms. The number of amides is 1. The number of hydrogen-bond acceptors (Lipinski definition) is 5. The first-order valence-electron chi connectivity index (χ1n) is 8.68. The summed E-state index contributed by atoms with van der Waals surface area (Å²) < 4.78 is 0. The highest BCUT2D eigenvalue weighted by Gasteiger charge is 2.32. The molecule has 0 N–H and O–H groups in total. The Morgan fingerprint density at radius 3 is 2.73 bits per heavy atom. The molecular formula is C20H21N3OS2. The number of nitrogens with zero attached hydrogens (tertiary/aromatic N) is 3. The average Bonchev–Trinajstić information content (AvgIpc) is 3.31. The lowest BCUT2D eigenvalue weighted by atomic mass is 10.0. The standard InChI is InChI=1S/C20H21N3OS2/c1-14-18(26-19(21-14)16-8-11-25-13-16)20(24)23-10-9-22(2)12-17(23)15-6-4-3-5-7-15/h3-8,11,13,17H,9-10,12H2,1-2H3. The van der Waals surface area contributed by atoms with Crippen LogP contribution in [0.25, 0.3) is 10.6 Å². The second kappa shape index (κ2) is 7.31. The van der Waals surface area contributed by atoms with Crippen molar-refractivity contribution in [3.05, 3.63) is 63.3 Å². The Kier molecular flexibility index (Phi) is 4.89. The van der Waals surface area contributed by atoms with Crippen molar-refractivity contribution < 1.29 is 4.79 Å². The molecule has 2 aromatic heterocycles. The Morgan fingerprint density at radius 1 is 1.19 bits per heavy atom. The van der Waals surface area contributed by atoms with Gasteiger partial charge in [-0.05, 0) is 31.0 Å². The first-order chi connectivity index (χ1) is 12.6. The molecule has 1 amide bonds. The highest BCUT2D eigenvalue weighted by Crippen LogP contribution is 2.33. The third-order valence-electron chi connectivity index (χ3n) is 4.79. The molecule has 3 heterocycles. The fourth-order valence-corrected chi connectivity index (χ4v) is 5.09. The van der Waals surface area contributed by atoms with Crippen molar-refractivity contribution in [2.75, 3.05) is 26.7 Å². The summed E-state index contributed by atoms with van der Waals surface area (Å²) in [5, 5.41) is 5.05. The summed E-state index contributed by atoms with van der Waals surface area (Å²) in [5.74, 6) is 0.100. The molecule has 4 rings (SSSR count). The molecular weight excluding hydrogens is 362 g/mol. The predicted octanol–water partition coefficient (Wildman–Crippen LogP) is 4.31. The minimum atomic E-state index is 0.0774. The van der Waals surface area contributed by atoms with Gasteiger partial charge >= 0.3 is 0 Å². The monoisotopic (exact) mass is 383 g/mol. The third-order valence-corrected chi connectivity index (χ3v) is 6.67. The zero-order valence-electron chi connectivity index (χ0n) is 14.9. The minimum Gasteiger partial charge on any atom is -0.328 e. The highest BCUT2D eigenvalue weighted by atomic mass is 32.1. The van der Waals surface area contributed by atoms with E-state index in [1.807, 2.05) is 35.4 Å². The van der Waals surface area contributed by atoms with Crippen molar-refractivity contribution in [2.45, 2.75) is 13.0 Å². The molecule has 134 valence electrons. The Balaban J connectivity index is 1.66. The smallest absolute Gasteiger partial charge is 0.266 e. The fourth-order valence-electron chi connectivity index (χ4n) is 3.36. The van der Waals surface area contributed by atoms with Crippen molar-refractivity contribution in [1.29, 1.82) is 0 Å². The first-order valence-corrected chi connectivity index (χ1v) is 10.4. The van der Waals surface area contributed by atoms with E-state index in [1.54, 1.807) is 11.3 Å². The molecule has 0 spiro atoms. The molecule has 3 aromatic rings. The molecule has 4 nitrogen and oxygen atoms in total. The normalized spacial score (nSPS) is 18.2. The highest BCUT2D eigenvalue weighted by molar-refractivity contribution is 7.17. The van der Waals surface area contributed by atoms with Crippen LogP contribution in [-0.4, -0.2) is 47.4 Å². The van der Waals surface area contributed by atoms with Crippen LogP contribution < -0.4 is 0 Å². The molecule has 0 bridgehead atoms. The lowest BCUT2D eigenvalue weighted by Crippen LogP contribution is -2.49. The molecule has 0 radical (unpaired) electrons. The fraction of sp³-hybridized carbons (Fsp3) is 0.300. The van der Waals surface area contributed by atoms with Gasteiger partial charge in [0.25, 0.3) is 5.91 Å². The van der Waals surface area contributed by atoms with E-state index < -0.39 is 0 Å². The van der Waals surface area contributed by atoms with E-state index in [1.165, 1.54) is 16.9 Å². The number of carbonyl (C=O) groups excluding carboxylic acids is 1. The van der Waals surface area contributed by atoms with Gasteiger partial charge in [0, 0.05) is 30.6 Å². The first kappa shape index (κ1) is 17.4. The molecule has 1 unspecified atom stereocenters. The molecule has 1 aromatic carbocycles. The number of thiophene rings is 1. The summed E-state index contributed by atoms with van der Waals surface area (Å²) in [5.41, 5.74) is 3.11. The molecule has 6 heteroatoms. The molecule has 1 fully saturated rings. The van der Waals surface area contributed by atoms with Crippen LogP contribution in [0.3, 0.4) is 0 Å². The van der Waals surface area contributed by atoms with Crippen LogP contribution in [0.2, 0.25) is 0 Å². The zero-order chi connectivity index (χ0) is 18.1. The maximum Gasteiger partial charge on any atom is 0.266 e. The van der Waals surface area contributed by atoms with Gasteiger partial charge in [-0.15, -0.1) is 11.3 Å². The van der Waals surface area contributed by atoms with E-state index in [9.17, 15) is 4.79 Å². The Bertz CT molecular complexity index is 889. The van der Waals surface area contributed by atoms with Crippen molar-refractivity contribution in [3.63, 3.8) is 0 Å². The number of piperazine rings is 1. The summed E-state index contributed by atoms with van der Waals surface area (Å²) in [6, 6.07) is 12.5. The van der Waals surface area contributed by atoms with Gasteiger partial charge < -0.3 is 9.80 Å². The van der Waals surface area contributed by atoms with Gasteiger partial charge in [0.15, 0.2) is 0 Å². The number of aryl methyl sites for hydroxylation is 1. The van der Waals surface area contributed by atoms with Gasteiger partial charge in [0.1, 0.15) is 9.88 Å². The second-order valence-electron chi connectivity index (χ2n) is 6.63. The molecule has 1 atom stereocenters. The summed E-state index contributed by atoms with van der Waals surface area (Å²) in [6.07, 6.45) is 0. The predicted molar refractivity (Wildman–Crippen MR) is 108 cm³/mol. The van der Waals surface area contributed by atoms with E-state index in [-0.39, 0.29) is 11.9 Å². The summed E-state index contributed by atoms with van der Waals surface area (Å²) in [6.45, 7) is 4.42. The number of thiazole rings is 1. The van der Waals surface area contributed by atoms with Crippen LogP contribution in [0.1, 0.15) is 27.0 Å². The SMILES string of the molecule is Cc1nc(-c2ccsc2)sc1C(=O)N1CCN(C)CC1c1ccccc1. The van der Waals surface area contributed by atoms with Crippen LogP contribution in [-0.2, 0) is 0 Å². The van der Waals surface area contributed by atoms with Crippen LogP contribution in [0.5, 0.6) is 0 Å². The largest absolute Gasteiger partial charge is 0.328 e. The minimum absolute atomic E-state index is 0.0774. The van der Waals surface area contributed by atoms with Crippen LogP contribution in [0, 0.1) is 6.92 Å². The molecule has 0 saturated carbocycles. The maximum absolute atomic E-state index is 13.4. The average molecular weight is 384 g/mol. The number of benzene rings is 1. The number of likely N-dealkylation sites (N-methyl/N-ethyl adjacent to an activating group) is 1. The van der Waals surface area contributed by atoms with E-state index in [0.29, 0.717) is 0 Å². The zero-order valence-corrected chi connectivity index (χ0v) is 16.5. The summed E-state index contributed by atoms with van der Waals surface area (Å²) in [7, 11) is 2.12.